The summed E-state index contributed by atoms with van der Waals surface area (Å²) in [7, 11) is 0. The molecule has 1 aromatic heterocycles. The van der Waals surface area contributed by atoms with Gasteiger partial charge in [0.15, 0.2) is 0 Å². The molecule has 0 aliphatic carbocycles. The SMILES string of the molecule is N=C(N)C1CCCN(c2ccc(Cl)cn2)C1. The molecule has 86 valence electrons. The molecule has 1 saturated heterocycles. The van der Waals surface area contributed by atoms with Crippen LogP contribution in [0.3, 0.4) is 0 Å². The van der Waals surface area contributed by atoms with E-state index in [-0.39, 0.29) is 11.8 Å². The number of nitrogens with two attached hydrogens (primary N) is 1. The molecule has 2 rings (SSSR count). The molecular weight excluding hydrogens is 224 g/mol. The van der Waals surface area contributed by atoms with Crippen LogP contribution in [0.5, 0.6) is 0 Å². The van der Waals surface area contributed by atoms with E-state index in [0.717, 1.165) is 31.7 Å². The number of anilines is 1. The number of piperidine rings is 1. The smallest absolute Gasteiger partial charge is 0.128 e. The van der Waals surface area contributed by atoms with Crippen LogP contribution < -0.4 is 10.6 Å². The first-order chi connectivity index (χ1) is 7.66. The highest BCUT2D eigenvalue weighted by molar-refractivity contribution is 6.30. The number of nitrogens with one attached hydrogen (secondary N) is 1. The largest absolute Gasteiger partial charge is 0.387 e. The topological polar surface area (TPSA) is 66.0 Å². The van der Waals surface area contributed by atoms with Gasteiger partial charge in [-0.15, -0.1) is 0 Å². The Bertz CT molecular complexity index is 376. The molecule has 0 radical (unpaired) electrons. The van der Waals surface area contributed by atoms with Crippen LogP contribution in [-0.2, 0) is 0 Å². The summed E-state index contributed by atoms with van der Waals surface area (Å²) in [5.41, 5.74) is 5.55. The Morgan fingerprint density at radius 1 is 1.56 bits per heavy atom. The average Bonchev–Trinajstić information content (AvgIpc) is 2.30. The van der Waals surface area contributed by atoms with Crippen molar-refractivity contribution in [3.05, 3.63) is 23.4 Å². The van der Waals surface area contributed by atoms with E-state index in [4.69, 9.17) is 22.7 Å². The molecular formula is C11H15ClN4. The second-order valence-electron chi connectivity index (χ2n) is 4.08. The van der Waals surface area contributed by atoms with Crippen molar-refractivity contribution >= 4 is 23.3 Å². The maximum absolute atomic E-state index is 7.48. The summed E-state index contributed by atoms with van der Waals surface area (Å²) < 4.78 is 0. The van der Waals surface area contributed by atoms with Crippen molar-refractivity contribution in [2.75, 3.05) is 18.0 Å². The molecule has 4 nitrogen and oxygen atoms in total. The lowest BCUT2D eigenvalue weighted by atomic mass is 9.97. The molecule has 0 spiro atoms. The lowest BCUT2D eigenvalue weighted by Gasteiger charge is -2.32. The number of nitrogens with zero attached hydrogens (tertiary/aromatic N) is 2. The molecule has 0 amide bonds. The quantitative estimate of drug-likeness (QED) is 0.611. The molecule has 1 aromatic rings. The summed E-state index contributed by atoms with van der Waals surface area (Å²) in [5.74, 6) is 1.35. The standard InChI is InChI=1S/C11H15ClN4/c12-9-3-4-10(15-6-9)16-5-1-2-8(7-16)11(13)14/h3-4,6,8H,1-2,5,7H2,(H3,13,14). The Balaban J connectivity index is 2.09. The lowest BCUT2D eigenvalue weighted by molar-refractivity contribution is 0.500. The number of amidine groups is 1. The van der Waals surface area contributed by atoms with Crippen LogP contribution >= 0.6 is 11.6 Å². The Kier molecular flexibility index (Phi) is 3.29. The van der Waals surface area contributed by atoms with Crippen molar-refractivity contribution in [2.24, 2.45) is 11.7 Å². The molecule has 16 heavy (non-hydrogen) atoms. The van der Waals surface area contributed by atoms with Gasteiger partial charge in [-0.2, -0.15) is 0 Å². The third kappa shape index (κ3) is 2.44. The van der Waals surface area contributed by atoms with Crippen molar-refractivity contribution in [3.63, 3.8) is 0 Å². The summed E-state index contributed by atoms with van der Waals surface area (Å²) >= 11 is 5.79. The molecule has 1 atom stereocenters. The van der Waals surface area contributed by atoms with Crippen LogP contribution in [0.4, 0.5) is 5.82 Å². The molecule has 2 heterocycles. The average molecular weight is 239 g/mol. The highest BCUT2D eigenvalue weighted by atomic mass is 35.5. The molecule has 3 N–H and O–H groups in total. The number of pyridine rings is 1. The fourth-order valence-electron chi connectivity index (χ4n) is 1.99. The first kappa shape index (κ1) is 11.2. The molecule has 1 unspecified atom stereocenters. The van der Waals surface area contributed by atoms with Crippen LogP contribution in [0.2, 0.25) is 5.02 Å². The Morgan fingerprint density at radius 3 is 3.00 bits per heavy atom. The number of rotatable bonds is 2. The van der Waals surface area contributed by atoms with Gasteiger partial charge >= 0.3 is 0 Å². The Morgan fingerprint density at radius 2 is 2.38 bits per heavy atom. The van der Waals surface area contributed by atoms with Crippen LogP contribution in [0, 0.1) is 11.3 Å². The number of hydrogen-bond donors (Lipinski definition) is 2. The van der Waals surface area contributed by atoms with Crippen LogP contribution in [0.25, 0.3) is 0 Å². The first-order valence-corrected chi connectivity index (χ1v) is 5.75. The highest BCUT2D eigenvalue weighted by Gasteiger charge is 2.22. The second-order valence-corrected chi connectivity index (χ2v) is 4.51. The van der Waals surface area contributed by atoms with Crippen molar-refractivity contribution in [1.29, 1.82) is 5.41 Å². The zero-order valence-corrected chi connectivity index (χ0v) is 9.74. The van der Waals surface area contributed by atoms with Gasteiger partial charge in [0, 0.05) is 25.2 Å². The second kappa shape index (κ2) is 4.70. The van der Waals surface area contributed by atoms with E-state index in [0.29, 0.717) is 5.02 Å². The minimum atomic E-state index is 0.159. The van der Waals surface area contributed by atoms with Gasteiger partial charge in [0.2, 0.25) is 0 Å². The molecule has 1 aliphatic heterocycles. The van der Waals surface area contributed by atoms with E-state index in [1.807, 2.05) is 12.1 Å². The summed E-state index contributed by atoms with van der Waals surface area (Å²) in [4.78, 5) is 6.44. The zero-order chi connectivity index (χ0) is 11.5. The van der Waals surface area contributed by atoms with Crippen molar-refractivity contribution < 1.29 is 0 Å². The summed E-state index contributed by atoms with van der Waals surface area (Å²) in [6, 6.07) is 3.74. The molecule has 0 saturated carbocycles. The maximum atomic E-state index is 7.48. The normalized spacial score (nSPS) is 20.8. The van der Waals surface area contributed by atoms with Crippen molar-refractivity contribution in [2.45, 2.75) is 12.8 Å². The number of halogens is 1. The van der Waals surface area contributed by atoms with E-state index in [1.165, 1.54) is 0 Å². The van der Waals surface area contributed by atoms with Gasteiger partial charge in [0.1, 0.15) is 5.82 Å². The van der Waals surface area contributed by atoms with Crippen molar-refractivity contribution in [1.82, 2.24) is 4.98 Å². The Hall–Kier alpha value is -1.29. The first-order valence-electron chi connectivity index (χ1n) is 5.37. The monoisotopic (exact) mass is 238 g/mol. The summed E-state index contributed by atoms with van der Waals surface area (Å²) in [5, 5.41) is 8.13. The van der Waals surface area contributed by atoms with Gasteiger partial charge in [-0.1, -0.05) is 11.6 Å². The van der Waals surface area contributed by atoms with Gasteiger partial charge < -0.3 is 10.6 Å². The van der Waals surface area contributed by atoms with Crippen LogP contribution in [0.1, 0.15) is 12.8 Å². The van der Waals surface area contributed by atoms with E-state index >= 15 is 0 Å². The molecule has 0 bridgehead atoms. The zero-order valence-electron chi connectivity index (χ0n) is 8.99. The number of aromatic nitrogens is 1. The van der Waals surface area contributed by atoms with Crippen molar-refractivity contribution in [3.8, 4) is 0 Å². The predicted octanol–water partition coefficient (Wildman–Crippen LogP) is 1.89. The van der Waals surface area contributed by atoms with Gasteiger partial charge in [0.05, 0.1) is 10.9 Å². The number of hydrogen-bond acceptors (Lipinski definition) is 3. The van der Waals surface area contributed by atoms with Gasteiger partial charge in [-0.05, 0) is 25.0 Å². The predicted molar refractivity (Wildman–Crippen MR) is 66.1 cm³/mol. The fraction of sp³-hybridized carbons (Fsp3) is 0.455. The molecule has 5 heteroatoms. The lowest BCUT2D eigenvalue weighted by Crippen LogP contribution is -2.41. The van der Waals surface area contributed by atoms with Gasteiger partial charge in [-0.3, -0.25) is 5.41 Å². The summed E-state index contributed by atoms with van der Waals surface area (Å²) in [6.07, 6.45) is 3.70. The Labute approximate surface area is 99.9 Å². The van der Waals surface area contributed by atoms with Gasteiger partial charge in [-0.25, -0.2) is 4.98 Å². The van der Waals surface area contributed by atoms with E-state index in [9.17, 15) is 0 Å². The fourth-order valence-corrected chi connectivity index (χ4v) is 2.11. The van der Waals surface area contributed by atoms with E-state index < -0.39 is 0 Å². The maximum Gasteiger partial charge on any atom is 0.128 e. The van der Waals surface area contributed by atoms with E-state index in [1.54, 1.807) is 6.20 Å². The highest BCUT2D eigenvalue weighted by Crippen LogP contribution is 2.22. The van der Waals surface area contributed by atoms with E-state index in [2.05, 4.69) is 9.88 Å². The minimum Gasteiger partial charge on any atom is -0.387 e. The minimum absolute atomic E-state index is 0.159. The van der Waals surface area contributed by atoms with Crippen LogP contribution in [-0.4, -0.2) is 23.9 Å². The third-order valence-corrected chi connectivity index (χ3v) is 3.12. The summed E-state index contributed by atoms with van der Waals surface area (Å²) in [6.45, 7) is 1.75. The van der Waals surface area contributed by atoms with Crippen LogP contribution in [0.15, 0.2) is 18.3 Å². The molecule has 0 aromatic carbocycles. The third-order valence-electron chi connectivity index (χ3n) is 2.90. The van der Waals surface area contributed by atoms with Gasteiger partial charge in [0.25, 0.3) is 0 Å². The molecule has 1 fully saturated rings. The molecule has 1 aliphatic rings.